The third-order valence-corrected chi connectivity index (χ3v) is 1.31. The molecule has 0 radical (unpaired) electrons. The predicted octanol–water partition coefficient (Wildman–Crippen LogP) is -0.436. The van der Waals surface area contributed by atoms with Crippen molar-refractivity contribution in [3.63, 3.8) is 0 Å². The van der Waals surface area contributed by atoms with E-state index in [-0.39, 0.29) is 12.8 Å². The van der Waals surface area contributed by atoms with E-state index in [4.69, 9.17) is 10.6 Å². The second-order valence-electron chi connectivity index (χ2n) is 2.25. The number of Topliss-reactive ketones (excluding diaryl/α,β-unsaturated/α-hetero) is 1. The van der Waals surface area contributed by atoms with Gasteiger partial charge in [0, 0.05) is 6.42 Å². The molecule has 0 aliphatic rings. The second-order valence-corrected chi connectivity index (χ2v) is 2.25. The summed E-state index contributed by atoms with van der Waals surface area (Å²) < 4.78 is 11.7. The maximum Gasteiger partial charge on any atom is 0.323 e. The van der Waals surface area contributed by atoms with Crippen LogP contribution in [0, 0.1) is 0 Å². The Bertz CT molecular complexity index is 250. The SMILES string of the molecule is [N-]=[N+]=CC(=O)CCC(NF)C(=O)O. The Morgan fingerprint density at radius 2 is 2.31 bits per heavy atom. The number of rotatable bonds is 6. The summed E-state index contributed by atoms with van der Waals surface area (Å²) in [6.45, 7) is 0. The molecule has 2 N–H and O–H groups in total. The summed E-state index contributed by atoms with van der Waals surface area (Å²) in [5, 5.41) is 8.32. The third-order valence-electron chi connectivity index (χ3n) is 1.31. The maximum atomic E-state index is 11.7. The number of aliphatic carboxylic acids is 1. The van der Waals surface area contributed by atoms with Gasteiger partial charge < -0.3 is 10.6 Å². The molecule has 1 atom stereocenters. The lowest BCUT2D eigenvalue weighted by Crippen LogP contribution is -2.31. The number of carboxylic acid groups (broad SMARTS) is 1. The molecule has 0 spiro atoms. The van der Waals surface area contributed by atoms with Gasteiger partial charge in [0.05, 0.1) is 0 Å². The number of hydrogen-bond donors (Lipinski definition) is 2. The summed E-state index contributed by atoms with van der Waals surface area (Å²) in [4.78, 5) is 23.3. The van der Waals surface area contributed by atoms with Gasteiger partial charge in [-0.15, -0.1) is 10.0 Å². The van der Waals surface area contributed by atoms with Gasteiger partial charge in [0.1, 0.15) is 6.04 Å². The molecule has 0 saturated carbocycles. The summed E-state index contributed by atoms with van der Waals surface area (Å²) in [5.41, 5.74) is 8.95. The van der Waals surface area contributed by atoms with E-state index in [0.717, 1.165) is 5.54 Å². The van der Waals surface area contributed by atoms with E-state index in [1.54, 1.807) is 0 Å². The Labute approximate surface area is 72.9 Å². The molecule has 0 heterocycles. The number of carbonyl (C=O) groups excluding carboxylic acids is 1. The molecule has 0 fully saturated rings. The second kappa shape index (κ2) is 5.99. The molecule has 72 valence electrons. The quantitative estimate of drug-likeness (QED) is 0.256. The van der Waals surface area contributed by atoms with Crippen LogP contribution < -0.4 is 5.54 Å². The molecule has 13 heavy (non-hydrogen) atoms. The van der Waals surface area contributed by atoms with Crippen molar-refractivity contribution < 1.29 is 24.0 Å². The van der Waals surface area contributed by atoms with Crippen molar-refractivity contribution in [1.82, 2.24) is 5.54 Å². The van der Waals surface area contributed by atoms with Gasteiger partial charge >= 0.3 is 12.2 Å². The van der Waals surface area contributed by atoms with Gasteiger partial charge in [-0.2, -0.15) is 4.79 Å². The van der Waals surface area contributed by atoms with Crippen molar-refractivity contribution in [2.45, 2.75) is 18.9 Å². The van der Waals surface area contributed by atoms with Crippen LogP contribution in [0.25, 0.3) is 5.53 Å². The molecule has 0 aliphatic carbocycles. The maximum absolute atomic E-state index is 11.7. The first-order chi connectivity index (χ1) is 6.11. The number of ketones is 1. The molecular formula is C6H8FN3O3. The highest BCUT2D eigenvalue weighted by molar-refractivity contribution is 6.25. The molecule has 0 rings (SSSR count). The van der Waals surface area contributed by atoms with E-state index in [1.165, 1.54) is 0 Å². The van der Waals surface area contributed by atoms with Crippen molar-refractivity contribution in [3.05, 3.63) is 5.53 Å². The van der Waals surface area contributed by atoms with Crippen molar-refractivity contribution in [2.75, 3.05) is 0 Å². The van der Waals surface area contributed by atoms with Crippen LogP contribution in [-0.2, 0) is 9.59 Å². The Kier molecular flexibility index (Phi) is 5.25. The summed E-state index contributed by atoms with van der Waals surface area (Å²) in [7, 11) is 0. The largest absolute Gasteiger partial charge is 0.480 e. The lowest BCUT2D eigenvalue weighted by molar-refractivity contribution is -0.141. The fraction of sp³-hybridized carbons (Fsp3) is 0.500. The minimum Gasteiger partial charge on any atom is -0.480 e. The Morgan fingerprint density at radius 1 is 1.69 bits per heavy atom. The Hall–Kier alpha value is -1.59. The monoisotopic (exact) mass is 189 g/mol. The zero-order valence-corrected chi connectivity index (χ0v) is 6.61. The molecule has 6 nitrogen and oxygen atoms in total. The molecule has 0 aromatic carbocycles. The highest BCUT2D eigenvalue weighted by atomic mass is 19.2. The van der Waals surface area contributed by atoms with Crippen LogP contribution in [0.1, 0.15) is 12.8 Å². The normalized spacial score (nSPS) is 11.5. The minimum atomic E-state index is -1.41. The van der Waals surface area contributed by atoms with Gasteiger partial charge in [-0.3, -0.25) is 9.59 Å². The lowest BCUT2D eigenvalue weighted by Gasteiger charge is -2.04. The standard InChI is InChI=1S/C6H8FN3O3/c7-10-5(6(12)13)2-1-4(11)3-9-8/h3,5,10H,1-2H2,(H,12,13). The van der Waals surface area contributed by atoms with Crippen molar-refractivity contribution >= 4 is 18.0 Å². The molecule has 0 bridgehead atoms. The molecule has 1 unspecified atom stereocenters. The molecule has 0 amide bonds. The van der Waals surface area contributed by atoms with E-state index in [0.29, 0.717) is 6.21 Å². The fourth-order valence-electron chi connectivity index (χ4n) is 0.640. The van der Waals surface area contributed by atoms with Crippen LogP contribution in [0.4, 0.5) is 4.48 Å². The number of halogens is 1. The average Bonchev–Trinajstić information content (AvgIpc) is 2.05. The predicted molar refractivity (Wildman–Crippen MR) is 39.6 cm³/mol. The van der Waals surface area contributed by atoms with E-state index < -0.39 is 17.8 Å². The molecule has 0 aliphatic heterocycles. The van der Waals surface area contributed by atoms with E-state index in [1.807, 2.05) is 0 Å². The first-order valence-electron chi connectivity index (χ1n) is 3.41. The van der Waals surface area contributed by atoms with Crippen LogP contribution in [0.3, 0.4) is 0 Å². The van der Waals surface area contributed by atoms with Gasteiger partial charge in [-0.1, -0.05) is 0 Å². The zero-order valence-electron chi connectivity index (χ0n) is 6.61. The van der Waals surface area contributed by atoms with Gasteiger partial charge in [-0.25, -0.2) is 0 Å². The minimum absolute atomic E-state index is 0.196. The van der Waals surface area contributed by atoms with Crippen LogP contribution in [-0.4, -0.2) is 33.9 Å². The molecule has 0 saturated heterocycles. The molecule has 0 aromatic rings. The van der Waals surface area contributed by atoms with Crippen molar-refractivity contribution in [1.29, 1.82) is 0 Å². The van der Waals surface area contributed by atoms with Crippen LogP contribution in [0.15, 0.2) is 0 Å². The fourth-order valence-corrected chi connectivity index (χ4v) is 0.640. The smallest absolute Gasteiger partial charge is 0.323 e. The molecule has 0 aromatic heterocycles. The van der Waals surface area contributed by atoms with Crippen LogP contribution in [0.2, 0.25) is 0 Å². The topological polar surface area (TPSA) is 103 Å². The number of carboxylic acids is 1. The highest BCUT2D eigenvalue weighted by Gasteiger charge is 2.18. The average molecular weight is 189 g/mol. The molecule has 7 heteroatoms. The van der Waals surface area contributed by atoms with E-state index in [2.05, 4.69) is 4.79 Å². The number of hydrogen-bond acceptors (Lipinski definition) is 3. The van der Waals surface area contributed by atoms with Crippen LogP contribution in [0.5, 0.6) is 0 Å². The van der Waals surface area contributed by atoms with Gasteiger partial charge in [0.15, 0.2) is 0 Å². The molecular weight excluding hydrogens is 181 g/mol. The Balaban J connectivity index is 3.92. The van der Waals surface area contributed by atoms with Crippen LogP contribution >= 0.6 is 0 Å². The lowest BCUT2D eigenvalue weighted by atomic mass is 10.1. The van der Waals surface area contributed by atoms with E-state index >= 15 is 0 Å². The summed E-state index contributed by atoms with van der Waals surface area (Å²) >= 11 is 0. The number of nitrogens with one attached hydrogen (secondary N) is 1. The highest BCUT2D eigenvalue weighted by Crippen LogP contribution is 1.97. The van der Waals surface area contributed by atoms with E-state index in [9.17, 15) is 14.1 Å². The third kappa shape index (κ3) is 4.78. The summed E-state index contributed by atoms with van der Waals surface area (Å²) in [6.07, 6.45) is 0.242. The Morgan fingerprint density at radius 3 is 2.69 bits per heavy atom. The first-order valence-corrected chi connectivity index (χ1v) is 3.41. The summed E-state index contributed by atoms with van der Waals surface area (Å²) in [5.74, 6) is -1.94. The van der Waals surface area contributed by atoms with Crippen molar-refractivity contribution in [3.8, 4) is 0 Å². The number of nitrogens with zero attached hydrogens (tertiary/aromatic N) is 2. The number of carbonyl (C=O) groups is 2. The first kappa shape index (κ1) is 11.4. The van der Waals surface area contributed by atoms with Gasteiger partial charge in [0.25, 0.3) is 0 Å². The van der Waals surface area contributed by atoms with Gasteiger partial charge in [-0.05, 0) is 6.42 Å². The van der Waals surface area contributed by atoms with Gasteiger partial charge in [0.2, 0.25) is 5.78 Å². The summed E-state index contributed by atoms with van der Waals surface area (Å²) in [6, 6.07) is -1.41. The van der Waals surface area contributed by atoms with Crippen molar-refractivity contribution in [2.24, 2.45) is 0 Å². The zero-order chi connectivity index (χ0) is 10.3.